The molecule has 114 valence electrons. The normalized spacial score (nSPS) is 12.0. The highest BCUT2D eigenvalue weighted by molar-refractivity contribution is 7.89. The zero-order chi connectivity index (χ0) is 15.6. The van der Waals surface area contributed by atoms with Crippen LogP contribution < -0.4 is 0 Å². The molecule has 1 N–H and O–H groups in total. The van der Waals surface area contributed by atoms with E-state index >= 15 is 0 Å². The van der Waals surface area contributed by atoms with Gasteiger partial charge in [-0.2, -0.15) is 9.40 Å². The third kappa shape index (κ3) is 3.40. The van der Waals surface area contributed by atoms with E-state index in [0.717, 1.165) is 5.56 Å². The van der Waals surface area contributed by atoms with Crippen molar-refractivity contribution in [2.45, 2.75) is 24.2 Å². The van der Waals surface area contributed by atoms with Crippen LogP contribution in [0, 0.1) is 6.92 Å². The van der Waals surface area contributed by atoms with Crippen LogP contribution in [0.2, 0.25) is 5.02 Å². The standard InChI is InChI=1S/C13H15Cl2N3O2S/c1-9-13(12(7-14)17-16-9)21(19,20)18(2)8-10-4-3-5-11(15)6-10/h3-6H,7-8H2,1-2H3,(H,16,17). The van der Waals surface area contributed by atoms with Crippen LogP contribution in [0.15, 0.2) is 29.2 Å². The largest absolute Gasteiger partial charge is 0.281 e. The van der Waals surface area contributed by atoms with E-state index < -0.39 is 10.0 Å². The predicted molar refractivity (Wildman–Crippen MR) is 83.0 cm³/mol. The maximum absolute atomic E-state index is 12.7. The summed E-state index contributed by atoms with van der Waals surface area (Å²) in [5, 5.41) is 7.15. The van der Waals surface area contributed by atoms with Crippen LogP contribution in [0.4, 0.5) is 0 Å². The van der Waals surface area contributed by atoms with Gasteiger partial charge in [-0.05, 0) is 24.6 Å². The second-order valence-electron chi connectivity index (χ2n) is 4.65. The second kappa shape index (κ2) is 6.36. The molecular weight excluding hydrogens is 333 g/mol. The molecule has 0 atom stereocenters. The molecule has 0 saturated carbocycles. The van der Waals surface area contributed by atoms with Crippen molar-refractivity contribution in [1.82, 2.24) is 14.5 Å². The van der Waals surface area contributed by atoms with Crippen LogP contribution >= 0.6 is 23.2 Å². The van der Waals surface area contributed by atoms with Gasteiger partial charge in [-0.3, -0.25) is 5.10 Å². The van der Waals surface area contributed by atoms with Crippen LogP contribution in [0.5, 0.6) is 0 Å². The highest BCUT2D eigenvalue weighted by Crippen LogP contribution is 2.24. The molecular formula is C13H15Cl2N3O2S. The summed E-state index contributed by atoms with van der Waals surface area (Å²) in [6.07, 6.45) is 0. The number of aromatic nitrogens is 2. The molecule has 0 fully saturated rings. The summed E-state index contributed by atoms with van der Waals surface area (Å²) in [4.78, 5) is 0.141. The predicted octanol–water partition coefficient (Wildman–Crippen LogP) is 2.93. The number of halogens is 2. The Kier molecular flexibility index (Phi) is 4.93. The summed E-state index contributed by atoms with van der Waals surface area (Å²) >= 11 is 11.7. The molecule has 1 aromatic carbocycles. The molecule has 21 heavy (non-hydrogen) atoms. The highest BCUT2D eigenvalue weighted by atomic mass is 35.5. The number of benzene rings is 1. The summed E-state index contributed by atoms with van der Waals surface area (Å²) < 4.78 is 26.6. The maximum Gasteiger partial charge on any atom is 0.246 e. The van der Waals surface area contributed by atoms with Crippen molar-refractivity contribution in [3.8, 4) is 0 Å². The van der Waals surface area contributed by atoms with Crippen LogP contribution in [0.3, 0.4) is 0 Å². The number of aromatic amines is 1. The second-order valence-corrected chi connectivity index (χ2v) is 7.33. The van der Waals surface area contributed by atoms with Gasteiger partial charge in [-0.1, -0.05) is 23.7 Å². The van der Waals surface area contributed by atoms with E-state index in [1.54, 1.807) is 25.1 Å². The molecule has 1 aromatic heterocycles. The van der Waals surface area contributed by atoms with Gasteiger partial charge in [0.25, 0.3) is 0 Å². The Labute approximate surface area is 133 Å². The Balaban J connectivity index is 2.33. The van der Waals surface area contributed by atoms with Crippen molar-refractivity contribution in [2.24, 2.45) is 0 Å². The number of H-pyrrole nitrogens is 1. The topological polar surface area (TPSA) is 66.1 Å². The van der Waals surface area contributed by atoms with Crippen LogP contribution in [0.25, 0.3) is 0 Å². The maximum atomic E-state index is 12.7. The fourth-order valence-corrected chi connectivity index (χ4v) is 4.00. The first-order valence-electron chi connectivity index (χ1n) is 6.17. The highest BCUT2D eigenvalue weighted by Gasteiger charge is 2.28. The van der Waals surface area contributed by atoms with Crippen LogP contribution in [-0.2, 0) is 22.4 Å². The molecule has 0 aliphatic heterocycles. The number of alkyl halides is 1. The van der Waals surface area contributed by atoms with E-state index in [1.807, 2.05) is 6.07 Å². The van der Waals surface area contributed by atoms with E-state index in [0.29, 0.717) is 16.4 Å². The number of aryl methyl sites for hydroxylation is 1. The Morgan fingerprint density at radius 2 is 2.10 bits per heavy atom. The zero-order valence-corrected chi connectivity index (χ0v) is 13.9. The first-order valence-corrected chi connectivity index (χ1v) is 8.52. The summed E-state index contributed by atoms with van der Waals surface area (Å²) in [5.74, 6) is 0.0317. The number of nitrogens with one attached hydrogen (secondary N) is 1. The Morgan fingerprint density at radius 1 is 1.38 bits per heavy atom. The van der Waals surface area contributed by atoms with Gasteiger partial charge in [-0.15, -0.1) is 11.6 Å². The third-order valence-corrected chi connectivity index (χ3v) is 5.55. The van der Waals surface area contributed by atoms with Gasteiger partial charge in [-0.25, -0.2) is 8.42 Å². The monoisotopic (exact) mass is 347 g/mol. The fourth-order valence-electron chi connectivity index (χ4n) is 2.04. The van der Waals surface area contributed by atoms with Crippen LogP contribution in [-0.4, -0.2) is 30.0 Å². The lowest BCUT2D eigenvalue weighted by molar-refractivity contribution is 0.466. The third-order valence-electron chi connectivity index (χ3n) is 3.05. The summed E-state index contributed by atoms with van der Waals surface area (Å²) in [5.41, 5.74) is 1.61. The van der Waals surface area contributed by atoms with Gasteiger partial charge in [0.05, 0.1) is 17.3 Å². The zero-order valence-electron chi connectivity index (χ0n) is 11.6. The number of hydrogen-bond acceptors (Lipinski definition) is 3. The van der Waals surface area contributed by atoms with E-state index in [2.05, 4.69) is 10.2 Å². The van der Waals surface area contributed by atoms with Gasteiger partial charge in [0, 0.05) is 18.6 Å². The molecule has 8 heteroatoms. The van der Waals surface area contributed by atoms with Crippen molar-refractivity contribution >= 4 is 33.2 Å². The molecule has 0 amide bonds. The van der Waals surface area contributed by atoms with Gasteiger partial charge in [0.15, 0.2) is 0 Å². The van der Waals surface area contributed by atoms with Crippen molar-refractivity contribution in [3.05, 3.63) is 46.2 Å². The van der Waals surface area contributed by atoms with Crippen molar-refractivity contribution < 1.29 is 8.42 Å². The molecule has 0 bridgehead atoms. The number of nitrogens with zero attached hydrogens (tertiary/aromatic N) is 2. The first kappa shape index (κ1) is 16.3. The average molecular weight is 348 g/mol. The van der Waals surface area contributed by atoms with Gasteiger partial charge in [0.2, 0.25) is 10.0 Å². The smallest absolute Gasteiger partial charge is 0.246 e. The van der Waals surface area contributed by atoms with E-state index in [9.17, 15) is 8.42 Å². The summed E-state index contributed by atoms with van der Waals surface area (Å²) in [7, 11) is -2.15. The average Bonchev–Trinajstić information content (AvgIpc) is 2.80. The Bertz CT molecular complexity index is 744. The Hall–Kier alpha value is -1.08. The van der Waals surface area contributed by atoms with Gasteiger partial charge >= 0.3 is 0 Å². The lowest BCUT2D eigenvalue weighted by Crippen LogP contribution is -2.27. The minimum atomic E-state index is -3.67. The molecule has 0 spiro atoms. The molecule has 5 nitrogen and oxygen atoms in total. The molecule has 2 aromatic rings. The number of sulfonamides is 1. The number of rotatable bonds is 5. The minimum Gasteiger partial charge on any atom is -0.281 e. The molecule has 0 radical (unpaired) electrons. The molecule has 0 unspecified atom stereocenters. The summed E-state index contributed by atoms with van der Waals surface area (Å²) in [6, 6.07) is 7.08. The molecule has 0 aliphatic rings. The quantitative estimate of drug-likeness (QED) is 0.845. The number of hydrogen-bond donors (Lipinski definition) is 1. The van der Waals surface area contributed by atoms with Gasteiger partial charge < -0.3 is 0 Å². The summed E-state index contributed by atoms with van der Waals surface area (Å²) in [6.45, 7) is 1.87. The van der Waals surface area contributed by atoms with Crippen molar-refractivity contribution in [2.75, 3.05) is 7.05 Å². The Morgan fingerprint density at radius 3 is 2.71 bits per heavy atom. The molecule has 1 heterocycles. The lowest BCUT2D eigenvalue weighted by atomic mass is 10.2. The SMILES string of the molecule is Cc1[nH]nc(CCl)c1S(=O)(=O)N(C)Cc1cccc(Cl)c1. The van der Waals surface area contributed by atoms with Crippen molar-refractivity contribution in [1.29, 1.82) is 0 Å². The fraction of sp³-hybridized carbons (Fsp3) is 0.308. The van der Waals surface area contributed by atoms with Gasteiger partial charge in [0.1, 0.15) is 4.90 Å². The molecule has 0 aliphatic carbocycles. The lowest BCUT2D eigenvalue weighted by Gasteiger charge is -2.17. The van der Waals surface area contributed by atoms with Crippen molar-refractivity contribution in [3.63, 3.8) is 0 Å². The van der Waals surface area contributed by atoms with E-state index in [1.165, 1.54) is 11.4 Å². The van der Waals surface area contributed by atoms with E-state index in [4.69, 9.17) is 23.2 Å². The molecule has 2 rings (SSSR count). The molecule has 0 saturated heterocycles. The minimum absolute atomic E-state index is 0.0317. The van der Waals surface area contributed by atoms with E-state index in [-0.39, 0.29) is 17.3 Å². The van der Waals surface area contributed by atoms with Crippen LogP contribution in [0.1, 0.15) is 17.0 Å². The first-order chi connectivity index (χ1) is 9.86.